The Labute approximate surface area is 94.7 Å². The highest BCUT2D eigenvalue weighted by Crippen LogP contribution is 2.16. The van der Waals surface area contributed by atoms with Crippen LogP contribution in [0.4, 0.5) is 0 Å². The van der Waals surface area contributed by atoms with E-state index >= 15 is 0 Å². The van der Waals surface area contributed by atoms with Crippen LogP contribution in [0.1, 0.15) is 33.1 Å². The predicted molar refractivity (Wildman–Crippen MR) is 67.1 cm³/mol. The summed E-state index contributed by atoms with van der Waals surface area (Å²) in [4.78, 5) is 2.57. The van der Waals surface area contributed by atoms with Gasteiger partial charge in [-0.25, -0.2) is 0 Å². The van der Waals surface area contributed by atoms with Crippen molar-refractivity contribution in [3.05, 3.63) is 12.2 Å². The van der Waals surface area contributed by atoms with E-state index in [-0.39, 0.29) is 0 Å². The van der Waals surface area contributed by atoms with E-state index in [9.17, 15) is 0 Å². The number of nitrogens with one attached hydrogen (secondary N) is 1. The van der Waals surface area contributed by atoms with Crippen LogP contribution in [0, 0.1) is 5.92 Å². The minimum absolute atomic E-state index is 0.850. The second-order valence-electron chi connectivity index (χ2n) is 4.65. The number of piperidine rings is 1. The minimum Gasteiger partial charge on any atom is -0.317 e. The topological polar surface area (TPSA) is 15.3 Å². The summed E-state index contributed by atoms with van der Waals surface area (Å²) >= 11 is 0. The molecule has 0 amide bonds. The Morgan fingerprint density at radius 3 is 2.93 bits per heavy atom. The maximum absolute atomic E-state index is 4.10. The number of nitrogens with zero attached hydrogens (tertiary/aromatic N) is 1. The molecule has 2 heteroatoms. The van der Waals surface area contributed by atoms with Gasteiger partial charge < -0.3 is 5.32 Å². The molecule has 0 aromatic rings. The second kappa shape index (κ2) is 7.02. The van der Waals surface area contributed by atoms with Gasteiger partial charge in [-0.1, -0.05) is 26.0 Å². The molecule has 0 aromatic carbocycles. The molecule has 1 N–H and O–H groups in total. The lowest BCUT2D eigenvalue weighted by Gasteiger charge is -2.33. The Morgan fingerprint density at radius 2 is 2.27 bits per heavy atom. The van der Waals surface area contributed by atoms with Crippen molar-refractivity contribution in [3.8, 4) is 0 Å². The first-order valence-electron chi connectivity index (χ1n) is 6.36. The Morgan fingerprint density at radius 1 is 1.47 bits per heavy atom. The van der Waals surface area contributed by atoms with Crippen LogP contribution in [0.3, 0.4) is 0 Å². The zero-order valence-corrected chi connectivity index (χ0v) is 10.4. The van der Waals surface area contributed by atoms with Gasteiger partial charge in [0.25, 0.3) is 0 Å². The number of hydrogen-bond donors (Lipinski definition) is 1. The summed E-state index contributed by atoms with van der Waals surface area (Å²) in [6.07, 6.45) is 3.86. The molecule has 88 valence electrons. The second-order valence-corrected chi connectivity index (χ2v) is 4.65. The zero-order chi connectivity index (χ0) is 11.1. The molecule has 1 fully saturated rings. The van der Waals surface area contributed by atoms with E-state index in [0.717, 1.165) is 25.4 Å². The molecule has 1 rings (SSSR count). The molecule has 0 bridgehead atoms. The van der Waals surface area contributed by atoms with E-state index in [1.807, 2.05) is 0 Å². The average molecular weight is 210 g/mol. The highest BCUT2D eigenvalue weighted by atomic mass is 15.1. The third-order valence-corrected chi connectivity index (χ3v) is 3.23. The average Bonchev–Trinajstić information content (AvgIpc) is 2.26. The molecule has 0 radical (unpaired) electrons. The quantitative estimate of drug-likeness (QED) is 0.677. The van der Waals surface area contributed by atoms with Gasteiger partial charge in [-0.05, 0) is 44.8 Å². The molecule has 0 aliphatic carbocycles. The SMILES string of the molecule is C=C(CC)CN1CCCC(CNCC)C1. The van der Waals surface area contributed by atoms with Crippen LogP contribution in [-0.4, -0.2) is 37.6 Å². The summed E-state index contributed by atoms with van der Waals surface area (Å²) in [5, 5.41) is 3.46. The maximum Gasteiger partial charge on any atom is 0.0190 e. The lowest BCUT2D eigenvalue weighted by Crippen LogP contribution is -2.40. The molecular weight excluding hydrogens is 184 g/mol. The van der Waals surface area contributed by atoms with E-state index < -0.39 is 0 Å². The number of rotatable bonds is 6. The van der Waals surface area contributed by atoms with Crippen molar-refractivity contribution in [1.29, 1.82) is 0 Å². The van der Waals surface area contributed by atoms with E-state index in [4.69, 9.17) is 0 Å². The predicted octanol–water partition coefficient (Wildman–Crippen LogP) is 2.27. The largest absolute Gasteiger partial charge is 0.317 e. The molecule has 1 unspecified atom stereocenters. The summed E-state index contributed by atoms with van der Waals surface area (Å²) in [7, 11) is 0. The monoisotopic (exact) mass is 210 g/mol. The van der Waals surface area contributed by atoms with E-state index in [1.165, 1.54) is 38.0 Å². The van der Waals surface area contributed by atoms with Gasteiger partial charge in [-0.15, -0.1) is 0 Å². The lowest BCUT2D eigenvalue weighted by molar-refractivity contribution is 0.184. The fourth-order valence-electron chi connectivity index (χ4n) is 2.24. The Bertz CT molecular complexity index is 189. The summed E-state index contributed by atoms with van der Waals surface area (Å²) in [6.45, 7) is 14.4. The van der Waals surface area contributed by atoms with Crippen molar-refractivity contribution < 1.29 is 0 Å². The maximum atomic E-state index is 4.10. The highest BCUT2D eigenvalue weighted by molar-refractivity contribution is 4.96. The third kappa shape index (κ3) is 4.80. The van der Waals surface area contributed by atoms with Gasteiger partial charge in [0.05, 0.1) is 0 Å². The molecule has 1 aliphatic rings. The van der Waals surface area contributed by atoms with Crippen LogP contribution >= 0.6 is 0 Å². The standard InChI is InChI=1S/C13H26N2/c1-4-12(3)10-15-8-6-7-13(11-15)9-14-5-2/h13-14H,3-11H2,1-2H3. The first-order chi connectivity index (χ1) is 7.26. The van der Waals surface area contributed by atoms with E-state index in [0.29, 0.717) is 0 Å². The van der Waals surface area contributed by atoms with Crippen molar-refractivity contribution in [2.45, 2.75) is 33.1 Å². The van der Waals surface area contributed by atoms with Gasteiger partial charge in [0.1, 0.15) is 0 Å². The molecule has 1 heterocycles. The molecule has 15 heavy (non-hydrogen) atoms. The van der Waals surface area contributed by atoms with Crippen molar-refractivity contribution in [1.82, 2.24) is 10.2 Å². The van der Waals surface area contributed by atoms with Crippen LogP contribution in [0.25, 0.3) is 0 Å². The first-order valence-corrected chi connectivity index (χ1v) is 6.36. The van der Waals surface area contributed by atoms with E-state index in [1.54, 1.807) is 0 Å². The summed E-state index contributed by atoms with van der Waals surface area (Å²) < 4.78 is 0. The zero-order valence-electron chi connectivity index (χ0n) is 10.4. The van der Waals surface area contributed by atoms with Crippen LogP contribution in [0.5, 0.6) is 0 Å². The fourth-order valence-corrected chi connectivity index (χ4v) is 2.24. The Hall–Kier alpha value is -0.340. The van der Waals surface area contributed by atoms with Crippen molar-refractivity contribution >= 4 is 0 Å². The molecule has 0 spiro atoms. The molecule has 0 saturated carbocycles. The number of hydrogen-bond acceptors (Lipinski definition) is 2. The molecular formula is C13H26N2. The van der Waals surface area contributed by atoms with E-state index in [2.05, 4.69) is 30.6 Å². The van der Waals surface area contributed by atoms with Crippen LogP contribution in [0.2, 0.25) is 0 Å². The smallest absolute Gasteiger partial charge is 0.0190 e. The van der Waals surface area contributed by atoms with Gasteiger partial charge >= 0.3 is 0 Å². The lowest BCUT2D eigenvalue weighted by atomic mass is 9.97. The molecule has 0 aromatic heterocycles. The van der Waals surface area contributed by atoms with Crippen LogP contribution in [0.15, 0.2) is 12.2 Å². The fraction of sp³-hybridized carbons (Fsp3) is 0.846. The number of likely N-dealkylation sites (tertiary alicyclic amines) is 1. The van der Waals surface area contributed by atoms with Crippen molar-refractivity contribution in [2.75, 3.05) is 32.7 Å². The Kier molecular flexibility index (Phi) is 5.96. The molecule has 1 saturated heterocycles. The summed E-state index contributed by atoms with van der Waals surface area (Å²) in [6, 6.07) is 0. The Balaban J connectivity index is 2.25. The molecule has 2 nitrogen and oxygen atoms in total. The van der Waals surface area contributed by atoms with Gasteiger partial charge in [0.15, 0.2) is 0 Å². The first kappa shape index (κ1) is 12.7. The van der Waals surface area contributed by atoms with Crippen LogP contribution < -0.4 is 5.32 Å². The molecule has 1 aliphatic heterocycles. The van der Waals surface area contributed by atoms with Gasteiger partial charge in [-0.2, -0.15) is 0 Å². The van der Waals surface area contributed by atoms with Gasteiger partial charge in [0.2, 0.25) is 0 Å². The minimum atomic E-state index is 0.850. The van der Waals surface area contributed by atoms with Crippen LogP contribution in [-0.2, 0) is 0 Å². The highest BCUT2D eigenvalue weighted by Gasteiger charge is 2.19. The summed E-state index contributed by atoms with van der Waals surface area (Å²) in [5.74, 6) is 0.850. The van der Waals surface area contributed by atoms with Crippen molar-refractivity contribution in [3.63, 3.8) is 0 Å². The summed E-state index contributed by atoms with van der Waals surface area (Å²) in [5.41, 5.74) is 1.37. The third-order valence-electron chi connectivity index (χ3n) is 3.23. The normalized spacial score (nSPS) is 22.9. The van der Waals surface area contributed by atoms with Gasteiger partial charge in [-0.3, -0.25) is 4.90 Å². The molecule has 1 atom stereocenters. The van der Waals surface area contributed by atoms with Crippen molar-refractivity contribution in [2.24, 2.45) is 5.92 Å². The van der Waals surface area contributed by atoms with Gasteiger partial charge in [0, 0.05) is 13.1 Å².